The molecule has 0 bridgehead atoms. The molecule has 0 heterocycles. The number of rotatable bonds is 3. The van der Waals surface area contributed by atoms with Crippen LogP contribution in [0.3, 0.4) is 0 Å². The van der Waals surface area contributed by atoms with Gasteiger partial charge >= 0.3 is 0 Å². The number of halogens is 2. The highest BCUT2D eigenvalue weighted by Gasteiger charge is 2.20. The van der Waals surface area contributed by atoms with Crippen LogP contribution >= 0.6 is 31.9 Å². The SMILES string of the molecule is Cc1ccc([N+](=O)[O-])c(Br)c1C(=O)CBr. The van der Waals surface area contributed by atoms with Gasteiger partial charge in [0.2, 0.25) is 0 Å². The van der Waals surface area contributed by atoms with Gasteiger partial charge in [0.15, 0.2) is 5.78 Å². The summed E-state index contributed by atoms with van der Waals surface area (Å²) in [6.07, 6.45) is 0. The van der Waals surface area contributed by atoms with Crippen LogP contribution in [0.25, 0.3) is 0 Å². The average Bonchev–Trinajstić information content (AvgIpc) is 2.16. The van der Waals surface area contributed by atoms with Gasteiger partial charge in [-0.15, -0.1) is 0 Å². The van der Waals surface area contributed by atoms with Crippen LogP contribution in [-0.2, 0) is 0 Å². The normalized spacial score (nSPS) is 10.1. The number of aryl methyl sites for hydroxylation is 1. The number of carbonyl (C=O) groups is 1. The average molecular weight is 337 g/mol. The molecular formula is C9H7Br2NO3. The van der Waals surface area contributed by atoms with Crippen LogP contribution in [-0.4, -0.2) is 16.0 Å². The van der Waals surface area contributed by atoms with E-state index in [0.29, 0.717) is 5.56 Å². The number of benzene rings is 1. The smallest absolute Gasteiger partial charge is 0.284 e. The molecular weight excluding hydrogens is 330 g/mol. The third-order valence-electron chi connectivity index (χ3n) is 1.93. The fourth-order valence-corrected chi connectivity index (χ4v) is 2.30. The lowest BCUT2D eigenvalue weighted by Crippen LogP contribution is -2.05. The zero-order valence-corrected chi connectivity index (χ0v) is 11.0. The largest absolute Gasteiger partial charge is 0.293 e. The number of ketones is 1. The Bertz CT molecular complexity index is 432. The van der Waals surface area contributed by atoms with Crippen molar-refractivity contribution in [3.63, 3.8) is 0 Å². The number of hydrogen-bond donors (Lipinski definition) is 0. The molecule has 4 nitrogen and oxygen atoms in total. The van der Waals surface area contributed by atoms with Gasteiger partial charge in [-0.25, -0.2) is 0 Å². The molecule has 80 valence electrons. The van der Waals surface area contributed by atoms with Gasteiger partial charge in [-0.3, -0.25) is 14.9 Å². The Kier molecular flexibility index (Phi) is 3.98. The monoisotopic (exact) mass is 335 g/mol. The van der Waals surface area contributed by atoms with Crippen LogP contribution in [0.4, 0.5) is 5.69 Å². The summed E-state index contributed by atoms with van der Waals surface area (Å²) >= 11 is 6.13. The Balaban J connectivity index is 3.43. The number of hydrogen-bond acceptors (Lipinski definition) is 3. The van der Waals surface area contributed by atoms with E-state index < -0.39 is 4.92 Å². The molecule has 0 fully saturated rings. The number of carbonyl (C=O) groups excluding carboxylic acids is 1. The number of alkyl halides is 1. The zero-order valence-electron chi connectivity index (χ0n) is 7.79. The molecule has 6 heteroatoms. The summed E-state index contributed by atoms with van der Waals surface area (Å²) < 4.78 is 0.247. The maximum Gasteiger partial charge on any atom is 0.284 e. The highest BCUT2D eigenvalue weighted by atomic mass is 79.9. The molecule has 0 spiro atoms. The molecule has 1 aromatic rings. The number of nitro groups is 1. The number of Topliss-reactive ketones (excluding diaryl/α,β-unsaturated/α-hetero) is 1. The fraction of sp³-hybridized carbons (Fsp3) is 0.222. The van der Waals surface area contributed by atoms with E-state index in [2.05, 4.69) is 31.9 Å². The van der Waals surface area contributed by atoms with Crippen molar-refractivity contribution in [2.75, 3.05) is 5.33 Å². The van der Waals surface area contributed by atoms with E-state index in [4.69, 9.17) is 0 Å². The van der Waals surface area contributed by atoms with Crippen LogP contribution in [0.15, 0.2) is 16.6 Å². The molecule has 0 N–H and O–H groups in total. The van der Waals surface area contributed by atoms with Gasteiger partial charge in [0.05, 0.1) is 10.3 Å². The first-order chi connectivity index (χ1) is 6.99. The van der Waals surface area contributed by atoms with Crippen molar-refractivity contribution in [2.45, 2.75) is 6.92 Å². The predicted octanol–water partition coefficient (Wildman–Crippen LogP) is 3.24. The van der Waals surface area contributed by atoms with Crippen molar-refractivity contribution in [3.8, 4) is 0 Å². The van der Waals surface area contributed by atoms with Crippen molar-refractivity contribution in [2.24, 2.45) is 0 Å². The molecule has 0 aliphatic carbocycles. The summed E-state index contributed by atoms with van der Waals surface area (Å²) in [7, 11) is 0. The van der Waals surface area contributed by atoms with Crippen LogP contribution < -0.4 is 0 Å². The van der Waals surface area contributed by atoms with Crippen molar-refractivity contribution >= 4 is 43.3 Å². The Labute approximate surface area is 103 Å². The third-order valence-corrected chi connectivity index (χ3v) is 3.24. The molecule has 0 saturated carbocycles. The summed E-state index contributed by atoms with van der Waals surface area (Å²) in [6, 6.07) is 2.95. The van der Waals surface area contributed by atoms with Gasteiger partial charge in [0.25, 0.3) is 5.69 Å². The maximum absolute atomic E-state index is 11.5. The van der Waals surface area contributed by atoms with Crippen LogP contribution in [0.2, 0.25) is 0 Å². The van der Waals surface area contributed by atoms with E-state index in [9.17, 15) is 14.9 Å². The molecule has 0 unspecified atom stereocenters. The van der Waals surface area contributed by atoms with E-state index >= 15 is 0 Å². The standard InChI is InChI=1S/C9H7Br2NO3/c1-5-2-3-6(12(14)15)9(11)8(5)7(13)4-10/h2-3H,4H2,1H3. The Morgan fingerprint density at radius 3 is 2.60 bits per heavy atom. The molecule has 0 saturated heterocycles. The maximum atomic E-state index is 11.5. The summed E-state index contributed by atoms with van der Waals surface area (Å²) in [6.45, 7) is 1.74. The molecule has 0 aliphatic heterocycles. The minimum absolute atomic E-state index is 0.0927. The molecule has 0 amide bonds. The molecule has 1 rings (SSSR count). The second kappa shape index (κ2) is 4.85. The van der Waals surface area contributed by atoms with Crippen molar-refractivity contribution < 1.29 is 9.72 Å². The zero-order chi connectivity index (χ0) is 11.6. The first-order valence-electron chi connectivity index (χ1n) is 4.01. The van der Waals surface area contributed by atoms with Crippen LogP contribution in [0.5, 0.6) is 0 Å². The van der Waals surface area contributed by atoms with Crippen LogP contribution in [0, 0.1) is 17.0 Å². The summed E-state index contributed by atoms with van der Waals surface area (Å²) in [5.74, 6) is -0.178. The Morgan fingerprint density at radius 2 is 2.13 bits per heavy atom. The predicted molar refractivity (Wildman–Crippen MR) is 63.7 cm³/mol. The van der Waals surface area contributed by atoms with Gasteiger partial charge in [-0.2, -0.15) is 0 Å². The van der Waals surface area contributed by atoms with E-state index in [1.54, 1.807) is 13.0 Å². The van der Waals surface area contributed by atoms with E-state index in [1.165, 1.54) is 6.07 Å². The summed E-state index contributed by atoms with van der Waals surface area (Å²) in [5.41, 5.74) is 0.989. The van der Waals surface area contributed by atoms with Gasteiger partial charge in [-0.1, -0.05) is 22.0 Å². The first-order valence-corrected chi connectivity index (χ1v) is 5.93. The van der Waals surface area contributed by atoms with Crippen LogP contribution in [0.1, 0.15) is 15.9 Å². The van der Waals surface area contributed by atoms with Crippen molar-refractivity contribution in [3.05, 3.63) is 37.8 Å². The summed E-state index contributed by atoms with van der Waals surface area (Å²) in [4.78, 5) is 21.7. The quantitative estimate of drug-likeness (QED) is 0.368. The molecule has 0 aliphatic rings. The van der Waals surface area contributed by atoms with E-state index in [-0.39, 0.29) is 21.3 Å². The molecule has 0 aromatic heterocycles. The highest BCUT2D eigenvalue weighted by molar-refractivity contribution is 9.10. The second-order valence-electron chi connectivity index (χ2n) is 2.90. The first kappa shape index (κ1) is 12.3. The van der Waals surface area contributed by atoms with Crippen molar-refractivity contribution in [1.29, 1.82) is 0 Å². The number of nitro benzene ring substituents is 1. The fourth-order valence-electron chi connectivity index (χ4n) is 1.21. The molecule has 0 radical (unpaired) electrons. The summed E-state index contributed by atoms with van der Waals surface area (Å²) in [5, 5.41) is 10.8. The molecule has 15 heavy (non-hydrogen) atoms. The lowest BCUT2D eigenvalue weighted by atomic mass is 10.0. The Hall–Kier alpha value is -0.750. The van der Waals surface area contributed by atoms with Gasteiger partial charge < -0.3 is 0 Å². The lowest BCUT2D eigenvalue weighted by Gasteiger charge is -2.05. The van der Waals surface area contributed by atoms with Gasteiger partial charge in [-0.05, 0) is 28.4 Å². The molecule has 0 atom stereocenters. The number of nitrogens with zero attached hydrogens (tertiary/aromatic N) is 1. The third kappa shape index (κ3) is 2.43. The lowest BCUT2D eigenvalue weighted by molar-refractivity contribution is -0.385. The second-order valence-corrected chi connectivity index (χ2v) is 4.26. The van der Waals surface area contributed by atoms with Crippen molar-refractivity contribution in [1.82, 2.24) is 0 Å². The van der Waals surface area contributed by atoms with E-state index in [1.807, 2.05) is 0 Å². The van der Waals surface area contributed by atoms with Gasteiger partial charge in [0.1, 0.15) is 4.47 Å². The minimum Gasteiger partial charge on any atom is -0.293 e. The Morgan fingerprint density at radius 1 is 1.53 bits per heavy atom. The highest BCUT2D eigenvalue weighted by Crippen LogP contribution is 2.31. The van der Waals surface area contributed by atoms with E-state index in [0.717, 1.165) is 5.56 Å². The topological polar surface area (TPSA) is 60.2 Å². The minimum atomic E-state index is -0.519. The van der Waals surface area contributed by atoms with Gasteiger partial charge in [0, 0.05) is 11.6 Å². The molecule has 1 aromatic carbocycles.